The van der Waals surface area contributed by atoms with Crippen LogP contribution >= 0.6 is 34.8 Å². The monoisotopic (exact) mass is 629 g/mol. The van der Waals surface area contributed by atoms with Crippen molar-refractivity contribution in [2.75, 3.05) is 27.1 Å². The van der Waals surface area contributed by atoms with Crippen molar-refractivity contribution in [1.82, 2.24) is 0 Å². The molecule has 3 aromatic carbocycles. The minimum Gasteiger partial charge on any atom is -0.325 e. The third-order valence-corrected chi connectivity index (χ3v) is 8.10. The first-order valence-electron chi connectivity index (χ1n) is 10.2. The van der Waals surface area contributed by atoms with Gasteiger partial charge in [0.15, 0.2) is 0 Å². The van der Waals surface area contributed by atoms with Gasteiger partial charge in [-0.3, -0.25) is 13.8 Å². The van der Waals surface area contributed by atoms with Crippen LogP contribution in [0.1, 0.15) is 5.56 Å². The van der Waals surface area contributed by atoms with Crippen molar-refractivity contribution in [3.63, 3.8) is 0 Å². The molecule has 0 atom stereocenters. The summed E-state index contributed by atoms with van der Waals surface area (Å²) < 4.78 is 91.8. The van der Waals surface area contributed by atoms with E-state index in [9.17, 15) is 34.8 Å². The van der Waals surface area contributed by atoms with E-state index in [1.807, 2.05) is 4.72 Å². The molecule has 1 amide bonds. The number of alkyl halides is 3. The Labute approximate surface area is 231 Å². The van der Waals surface area contributed by atoms with Crippen LogP contribution in [0.25, 0.3) is 0 Å². The number of nitrogens with zero attached hydrogens (tertiary/aromatic N) is 1. The Kier molecular flexibility index (Phi) is 8.78. The summed E-state index contributed by atoms with van der Waals surface area (Å²) in [5, 5.41) is 2.15. The molecule has 0 aromatic heterocycles. The number of carbonyl (C=O) groups excluding carboxylic acids is 1. The Morgan fingerprint density at radius 3 is 1.95 bits per heavy atom. The maximum Gasteiger partial charge on any atom is 0.417 e. The van der Waals surface area contributed by atoms with E-state index in [1.54, 1.807) is 0 Å². The molecule has 0 aliphatic heterocycles. The van der Waals surface area contributed by atoms with Gasteiger partial charge in [0.25, 0.3) is 10.0 Å². The van der Waals surface area contributed by atoms with Crippen molar-refractivity contribution in [3.8, 4) is 0 Å². The van der Waals surface area contributed by atoms with Crippen molar-refractivity contribution in [3.05, 3.63) is 81.3 Å². The van der Waals surface area contributed by atoms with Crippen molar-refractivity contribution in [2.24, 2.45) is 0 Å². The first-order valence-corrected chi connectivity index (χ1v) is 14.7. The predicted molar refractivity (Wildman–Crippen MR) is 141 cm³/mol. The lowest BCUT2D eigenvalue weighted by atomic mass is 10.2. The lowest BCUT2D eigenvalue weighted by Gasteiger charge is -2.22. The van der Waals surface area contributed by atoms with Crippen molar-refractivity contribution >= 4 is 77.8 Å². The number of sulfonamides is 2. The zero-order valence-corrected chi connectivity index (χ0v) is 23.0. The smallest absolute Gasteiger partial charge is 0.325 e. The molecule has 0 fully saturated rings. The summed E-state index contributed by atoms with van der Waals surface area (Å²) in [6.45, 7) is -0.644. The van der Waals surface area contributed by atoms with Crippen LogP contribution in [0.4, 0.5) is 30.2 Å². The second kappa shape index (κ2) is 11.2. The van der Waals surface area contributed by atoms with Gasteiger partial charge in [0.1, 0.15) is 6.54 Å². The standard InChI is InChI=1S/C22H17Cl3F3N3O5S2/c1-37(33,34)31(17-9-13(23)8-14(24)10-17)12-21(32)29-15-2-5-18(6-3-15)38(35,36)30-16-4-7-20(25)19(11-16)22(26,27)28/h2-11,30H,12H2,1H3,(H,29,32). The Morgan fingerprint density at radius 2 is 1.42 bits per heavy atom. The summed E-state index contributed by atoms with van der Waals surface area (Å²) in [5.41, 5.74) is -1.39. The summed E-state index contributed by atoms with van der Waals surface area (Å²) in [4.78, 5) is 12.2. The third-order valence-electron chi connectivity index (χ3n) is 4.80. The zero-order valence-electron chi connectivity index (χ0n) is 19.1. The molecule has 0 radical (unpaired) electrons. The Bertz CT molecular complexity index is 1560. The van der Waals surface area contributed by atoms with Gasteiger partial charge in [0, 0.05) is 21.4 Å². The van der Waals surface area contributed by atoms with Crippen molar-refractivity contribution < 1.29 is 34.8 Å². The van der Waals surface area contributed by atoms with Crippen LogP contribution in [-0.2, 0) is 31.0 Å². The summed E-state index contributed by atoms with van der Waals surface area (Å²) >= 11 is 17.4. The van der Waals surface area contributed by atoms with Crippen LogP contribution in [-0.4, -0.2) is 35.5 Å². The number of nitrogens with one attached hydrogen (secondary N) is 2. The molecule has 204 valence electrons. The van der Waals surface area contributed by atoms with E-state index in [0.717, 1.165) is 34.8 Å². The fourth-order valence-electron chi connectivity index (χ4n) is 3.15. The van der Waals surface area contributed by atoms with Gasteiger partial charge in [-0.1, -0.05) is 34.8 Å². The minimum atomic E-state index is -4.79. The highest BCUT2D eigenvalue weighted by atomic mass is 35.5. The Balaban J connectivity index is 1.75. The lowest BCUT2D eigenvalue weighted by Crippen LogP contribution is -2.37. The highest BCUT2D eigenvalue weighted by Crippen LogP contribution is 2.36. The van der Waals surface area contributed by atoms with Crippen LogP contribution in [0.3, 0.4) is 0 Å². The first kappa shape index (κ1) is 29.8. The van der Waals surface area contributed by atoms with Crippen molar-refractivity contribution in [2.45, 2.75) is 11.1 Å². The van der Waals surface area contributed by atoms with Crippen molar-refractivity contribution in [1.29, 1.82) is 0 Å². The van der Waals surface area contributed by atoms with Crippen LogP contribution in [0.15, 0.2) is 65.6 Å². The number of rotatable bonds is 8. The molecular formula is C22H17Cl3F3N3O5S2. The van der Waals surface area contributed by atoms with Gasteiger partial charge in [-0.2, -0.15) is 13.2 Å². The van der Waals surface area contributed by atoms with Gasteiger partial charge < -0.3 is 5.32 Å². The molecule has 0 aliphatic carbocycles. The number of carbonyl (C=O) groups is 1. The third kappa shape index (κ3) is 7.67. The fourth-order valence-corrected chi connectivity index (χ4v) is 5.78. The highest BCUT2D eigenvalue weighted by Gasteiger charge is 2.33. The summed E-state index contributed by atoms with van der Waals surface area (Å²) in [5.74, 6) is -0.763. The van der Waals surface area contributed by atoms with Gasteiger partial charge in [-0.05, 0) is 60.7 Å². The predicted octanol–water partition coefficient (Wildman–Crippen LogP) is 5.87. The second-order valence-corrected chi connectivity index (χ2v) is 12.6. The quantitative estimate of drug-likeness (QED) is 0.323. The number of benzene rings is 3. The first-order chi connectivity index (χ1) is 17.5. The molecule has 16 heteroatoms. The number of hydrogen-bond donors (Lipinski definition) is 2. The van der Waals surface area contributed by atoms with E-state index in [4.69, 9.17) is 34.8 Å². The average Bonchev–Trinajstić information content (AvgIpc) is 2.77. The van der Waals surface area contributed by atoms with Crippen LogP contribution in [0.5, 0.6) is 0 Å². The molecule has 0 saturated heterocycles. The molecule has 0 unspecified atom stereocenters. The SMILES string of the molecule is CS(=O)(=O)N(CC(=O)Nc1ccc(S(=O)(=O)Nc2ccc(Cl)c(C(F)(F)F)c2)cc1)c1cc(Cl)cc(Cl)c1. The summed E-state index contributed by atoms with van der Waals surface area (Å²) in [7, 11) is -8.22. The maximum absolute atomic E-state index is 13.1. The Hall–Kier alpha value is -2.71. The summed E-state index contributed by atoms with van der Waals surface area (Å²) in [6.07, 6.45) is -3.90. The largest absolute Gasteiger partial charge is 0.417 e. The number of halogens is 6. The molecule has 0 saturated carbocycles. The molecule has 0 aliphatic rings. The normalized spacial score (nSPS) is 12.2. The van der Waals surface area contributed by atoms with Gasteiger partial charge >= 0.3 is 6.18 Å². The molecule has 3 rings (SSSR count). The molecule has 0 bridgehead atoms. The maximum atomic E-state index is 13.1. The molecule has 8 nitrogen and oxygen atoms in total. The fraction of sp³-hybridized carbons (Fsp3) is 0.136. The average molecular weight is 631 g/mol. The molecule has 0 spiro atoms. The second-order valence-electron chi connectivity index (χ2n) is 7.77. The van der Waals surface area contributed by atoms with E-state index in [0.29, 0.717) is 6.07 Å². The summed E-state index contributed by atoms with van der Waals surface area (Å²) in [6, 6.07) is 11.2. The Morgan fingerprint density at radius 1 is 0.868 bits per heavy atom. The van der Waals surface area contributed by atoms with E-state index in [-0.39, 0.29) is 32.0 Å². The van der Waals surface area contributed by atoms with Crippen LogP contribution in [0, 0.1) is 0 Å². The number of amides is 1. The van der Waals surface area contributed by atoms with Crippen LogP contribution < -0.4 is 14.3 Å². The topological polar surface area (TPSA) is 113 Å². The minimum absolute atomic E-state index is 0.0588. The molecule has 3 aromatic rings. The molecule has 0 heterocycles. The van der Waals surface area contributed by atoms with E-state index in [2.05, 4.69) is 5.32 Å². The van der Waals surface area contributed by atoms with E-state index < -0.39 is 49.3 Å². The zero-order chi connectivity index (χ0) is 28.5. The number of hydrogen-bond acceptors (Lipinski definition) is 5. The van der Waals surface area contributed by atoms with E-state index >= 15 is 0 Å². The molecule has 38 heavy (non-hydrogen) atoms. The lowest BCUT2D eigenvalue weighted by molar-refractivity contribution is -0.137. The van der Waals surface area contributed by atoms with Gasteiger partial charge in [0.2, 0.25) is 15.9 Å². The molecular weight excluding hydrogens is 614 g/mol. The number of anilines is 3. The highest BCUT2D eigenvalue weighted by molar-refractivity contribution is 7.92. The molecule has 2 N–H and O–H groups in total. The van der Waals surface area contributed by atoms with Gasteiger partial charge in [-0.15, -0.1) is 0 Å². The van der Waals surface area contributed by atoms with Gasteiger partial charge in [0.05, 0.1) is 27.4 Å². The van der Waals surface area contributed by atoms with Crippen LogP contribution in [0.2, 0.25) is 15.1 Å². The van der Waals surface area contributed by atoms with E-state index in [1.165, 1.54) is 30.3 Å². The van der Waals surface area contributed by atoms with Gasteiger partial charge in [-0.25, -0.2) is 16.8 Å².